The number of ketones is 2. The number of alkyl halides is 1. The predicted molar refractivity (Wildman–Crippen MR) is 305 cm³/mol. The smallest absolute Gasteiger partial charge is 1.00 e. The summed E-state index contributed by atoms with van der Waals surface area (Å²) in [4.78, 5) is 96.4. The zero-order chi connectivity index (χ0) is 60.6. The Balaban J connectivity index is -0.000000470. The molecule has 1 unspecified atom stereocenters. The molecule has 1 aliphatic rings. The third-order valence-corrected chi connectivity index (χ3v) is 11.3. The molecule has 0 spiro atoms. The Morgan fingerprint density at radius 1 is 0.735 bits per heavy atom. The molecule has 23 nitrogen and oxygen atoms in total. The molecule has 0 fully saturated rings. The number of hydrogen-bond acceptors (Lipinski definition) is 23. The molecule has 7 rings (SSSR count). The van der Waals surface area contributed by atoms with Gasteiger partial charge in [0.05, 0.1) is 40.0 Å². The molecule has 0 bridgehead atoms. The summed E-state index contributed by atoms with van der Waals surface area (Å²) in [6.07, 6.45) is 4.19. The van der Waals surface area contributed by atoms with Gasteiger partial charge in [0.25, 0.3) is 6.47 Å². The molecule has 0 amide bonds. The second-order valence-corrected chi connectivity index (χ2v) is 18.2. The van der Waals surface area contributed by atoms with Gasteiger partial charge in [0, 0.05) is 73.1 Å². The Labute approximate surface area is 671 Å². The van der Waals surface area contributed by atoms with Crippen molar-refractivity contribution in [1.82, 2.24) is 29.9 Å². The minimum Gasteiger partial charge on any atom is -1.00 e. The average Bonchev–Trinajstić information content (AvgIpc) is 3.51. The van der Waals surface area contributed by atoms with E-state index in [9.17, 15) is 24.0 Å². The van der Waals surface area contributed by atoms with Crippen LogP contribution in [0.5, 0.6) is 17.2 Å². The maximum Gasteiger partial charge on any atom is 1.00 e. The van der Waals surface area contributed by atoms with Crippen LogP contribution in [0.25, 0.3) is 0 Å². The summed E-state index contributed by atoms with van der Waals surface area (Å²) >= 11 is 55.4. The van der Waals surface area contributed by atoms with E-state index in [4.69, 9.17) is 129 Å². The number of fused-ring (bicyclic) bond motifs is 1. The zero-order valence-corrected chi connectivity index (χ0v) is 67.9. The predicted octanol–water partition coefficient (Wildman–Crippen LogP) is 1.42. The van der Waals surface area contributed by atoms with Crippen LogP contribution < -0.4 is 198 Å². The number of carbonyl (C=O) groups excluding carboxylic acids is 6. The van der Waals surface area contributed by atoms with E-state index in [1.54, 1.807) is 62.8 Å². The molecule has 0 aliphatic carbocycles. The van der Waals surface area contributed by atoms with Crippen molar-refractivity contribution < 1.29 is 237 Å². The van der Waals surface area contributed by atoms with Crippen molar-refractivity contribution in [1.29, 1.82) is 0 Å². The number of Topliss-reactive ketones (excluding diaryl/α,β-unsaturated/α-hetero) is 2. The Morgan fingerprint density at radius 2 is 1.17 bits per heavy atom. The van der Waals surface area contributed by atoms with E-state index in [0.29, 0.717) is 71.8 Å². The summed E-state index contributed by atoms with van der Waals surface area (Å²) in [7, 11) is 9.53. The molecule has 1 aliphatic heterocycles. The van der Waals surface area contributed by atoms with Gasteiger partial charge in [-0.1, -0.05) is 91.6 Å². The number of anilines is 3. The standard InChI is InChI=1S/C13H10Cl3N3O2.C13H10Cl3N3O.C8H5BrCl2O.C5H6ClN3O.C4H6O4.C2H3BO2.CH2O3.2Cs.Na.H/c1-17-12-11(5-18-13(16)19-12)21-6-10(20)8-3-2-7(14)4-9(8)15;1-19-10(8-3-2-7(14)4-9(8)15)6-20-11-5-17-13(16)18-12(11)19;9-4-8(12)6-2-1-5(10)3-7(6)11;1-7-4-3(10)2-8-5(6)9-4;1-3(5)7-8-4(2)6;1-2(4)5-3;2-1-4-3;;;;/h2-5H,6H2,1H3,(H,17,18,19);2-5,10H,6H2,1H3;1-3H,4H2;2,10H,1H3,(H,7,8,9);1-2H3;1H3;1,3H;;;;/q;;;;;-1;;3*+1;-1/p-1. The quantitative estimate of drug-likeness (QED) is 0.0332. The van der Waals surface area contributed by atoms with E-state index in [2.05, 4.69) is 83.8 Å². The minimum atomic E-state index is -0.639. The minimum absolute atomic E-state index is 0. The molecule has 3 N–H and O–H groups in total. The number of nitrogens with one attached hydrogen (secondary N) is 2. The number of aromatic hydroxyl groups is 1. The van der Waals surface area contributed by atoms with Crippen LogP contribution in [-0.2, 0) is 38.5 Å². The van der Waals surface area contributed by atoms with E-state index in [1.807, 2.05) is 18.0 Å². The van der Waals surface area contributed by atoms with Gasteiger partial charge in [-0.3, -0.25) is 19.2 Å². The zero-order valence-electron chi connectivity index (χ0n) is 45.9. The van der Waals surface area contributed by atoms with Crippen molar-refractivity contribution in [3.05, 3.63) is 136 Å². The number of carbonyl (C=O) groups is 6. The third-order valence-electron chi connectivity index (χ3n) is 8.59. The van der Waals surface area contributed by atoms with E-state index >= 15 is 0 Å². The van der Waals surface area contributed by atoms with Crippen molar-refractivity contribution in [3.8, 4) is 17.2 Å². The van der Waals surface area contributed by atoms with Crippen molar-refractivity contribution in [2.24, 2.45) is 0 Å². The van der Waals surface area contributed by atoms with Gasteiger partial charge in [0.1, 0.15) is 6.61 Å². The second-order valence-electron chi connectivity index (χ2n) is 14.1. The first-order valence-electron chi connectivity index (χ1n) is 21.3. The van der Waals surface area contributed by atoms with Crippen LogP contribution in [0.2, 0.25) is 46.0 Å². The first-order valence-corrected chi connectivity index (χ1v) is 25.8. The molecule has 37 heteroatoms. The molecule has 0 saturated carbocycles. The van der Waals surface area contributed by atoms with Gasteiger partial charge in [-0.05, 0) is 88.9 Å². The van der Waals surface area contributed by atoms with E-state index in [-0.39, 0.29) is 231 Å². The summed E-state index contributed by atoms with van der Waals surface area (Å²) in [5, 5.41) is 26.4. The van der Waals surface area contributed by atoms with Gasteiger partial charge in [0.15, 0.2) is 47.1 Å². The van der Waals surface area contributed by atoms with Crippen LogP contribution in [0, 0.1) is 0 Å². The van der Waals surface area contributed by atoms with Crippen LogP contribution in [0.1, 0.15) is 54.5 Å². The van der Waals surface area contributed by atoms with Crippen molar-refractivity contribution in [2.45, 2.75) is 26.8 Å². The number of hydrogen-bond donors (Lipinski definition) is 3. The van der Waals surface area contributed by atoms with Gasteiger partial charge in [-0.2, -0.15) is 15.0 Å². The van der Waals surface area contributed by atoms with Gasteiger partial charge in [-0.15, -0.1) is 0 Å². The summed E-state index contributed by atoms with van der Waals surface area (Å²) < 4.78 is 14.7. The van der Waals surface area contributed by atoms with Gasteiger partial charge >= 0.3 is 179 Å². The number of ether oxygens (including phenoxy) is 2. The SMILES string of the molecule is CC(=O)OOC(C)=O.CN1c2nc(Cl)ncc2OCC1c1ccc(Cl)cc1Cl.CNc1nc(Cl)ncc1O.CNc1nc(Cl)ncc1OCC(=O)c1ccc(Cl)cc1Cl.O=C(CBr)c1ccc(Cl)cc1Cl.O=CO[O-].[B-]OC(C)=O.[Cs+].[Cs+].[H-].[Na+]. The van der Waals surface area contributed by atoms with Crippen LogP contribution in [-0.4, -0.2) is 119 Å². The number of halogens is 10. The molecule has 83 heavy (non-hydrogen) atoms. The van der Waals surface area contributed by atoms with Gasteiger partial charge in [-0.25, -0.2) is 34.3 Å². The van der Waals surface area contributed by atoms with Crippen LogP contribution >= 0.6 is 120 Å². The van der Waals surface area contributed by atoms with Crippen molar-refractivity contribution >= 4 is 182 Å². The fourth-order valence-electron chi connectivity index (χ4n) is 5.21. The third kappa shape index (κ3) is 34.6. The Morgan fingerprint density at radius 3 is 1.59 bits per heavy atom. The molecular formula is C46H42BBrCl9Cs2N9NaO14. The summed E-state index contributed by atoms with van der Waals surface area (Å²) in [6.45, 7) is 3.59. The van der Waals surface area contributed by atoms with Gasteiger partial charge in [0.2, 0.25) is 27.6 Å². The first-order chi connectivity index (χ1) is 37.8. The Bertz CT molecular complexity index is 3060. The topological polar surface area (TPSA) is 306 Å². The molecule has 6 aromatic rings. The summed E-state index contributed by atoms with van der Waals surface area (Å²) in [5.74, 6) is 0.221. The fraction of sp³-hybridized carbons (Fsp3) is 0.217. The monoisotopic (exact) mass is 1640 g/mol. The molecule has 3 radical (unpaired) electrons. The van der Waals surface area contributed by atoms with Crippen molar-refractivity contribution in [2.75, 3.05) is 55.2 Å². The van der Waals surface area contributed by atoms with Crippen molar-refractivity contribution in [3.63, 3.8) is 0 Å². The summed E-state index contributed by atoms with van der Waals surface area (Å²) in [6, 6.07) is 14.8. The second kappa shape index (κ2) is 48.0. The maximum absolute atomic E-state index is 12.1. The number of nitrogens with zero attached hydrogens (tertiary/aromatic N) is 7. The first kappa shape index (κ1) is 86.3. The number of likely N-dealkylation sites (N-methyl/N-ethyl adjacent to an activating group) is 1. The fourth-order valence-corrected chi connectivity index (χ4v) is 7.47. The largest absolute Gasteiger partial charge is 1.00 e. The number of aromatic nitrogens is 6. The van der Waals surface area contributed by atoms with E-state index < -0.39 is 17.9 Å². The van der Waals surface area contributed by atoms with E-state index in [0.717, 1.165) is 19.4 Å². The van der Waals surface area contributed by atoms with E-state index in [1.165, 1.54) is 25.4 Å². The van der Waals surface area contributed by atoms with Gasteiger partial charge < -0.3 is 54.4 Å². The Kier molecular flexibility index (Phi) is 50.0. The Hall–Kier alpha value is -0.861. The van der Waals surface area contributed by atoms with Crippen LogP contribution in [0.3, 0.4) is 0 Å². The van der Waals surface area contributed by atoms with Crippen LogP contribution in [0.4, 0.5) is 17.5 Å². The maximum atomic E-state index is 12.1. The molecule has 4 heterocycles. The number of benzene rings is 3. The van der Waals surface area contributed by atoms with Crippen LogP contribution in [0.15, 0.2) is 73.2 Å². The molecule has 3 aromatic carbocycles. The normalized spacial score (nSPS) is 10.8. The summed E-state index contributed by atoms with van der Waals surface area (Å²) in [5.41, 5.74) is 1.76. The number of rotatable bonds is 10. The molecule has 1 atom stereocenters. The molecule has 431 valence electrons. The molecule has 0 saturated heterocycles. The molecule has 3 aromatic heterocycles. The average molecular weight is 1640 g/mol. The molecular weight excluding hydrogens is 1600 g/mol.